The van der Waals surface area contributed by atoms with Crippen LogP contribution in [0.2, 0.25) is 0 Å². The summed E-state index contributed by atoms with van der Waals surface area (Å²) in [6, 6.07) is 9.32. The van der Waals surface area contributed by atoms with E-state index in [1.807, 2.05) is 49.1 Å². The minimum Gasteiger partial charge on any atom is -0.382 e. The van der Waals surface area contributed by atoms with Crippen LogP contribution in [0.4, 0.5) is 0 Å². The second kappa shape index (κ2) is 8.26. The summed E-state index contributed by atoms with van der Waals surface area (Å²) in [6.45, 7) is 8.23. The van der Waals surface area contributed by atoms with E-state index in [2.05, 4.69) is 22.3 Å². The van der Waals surface area contributed by atoms with Gasteiger partial charge in [-0.3, -0.25) is 4.79 Å². The number of piperidine rings is 1. The fraction of sp³-hybridized carbons (Fsp3) is 0.478. The normalized spacial score (nSPS) is 21.3. The number of carbonyl (C=O) groups excluding carboxylic acids is 1. The number of hydrogen-bond acceptors (Lipinski definition) is 6. The van der Waals surface area contributed by atoms with E-state index in [-0.39, 0.29) is 23.8 Å². The molecule has 164 valence electrons. The Morgan fingerprint density at radius 2 is 1.94 bits per heavy atom. The summed E-state index contributed by atoms with van der Waals surface area (Å²) in [5.41, 5.74) is 0.916. The molecule has 8 nitrogen and oxygen atoms in total. The molecule has 0 bridgehead atoms. The summed E-state index contributed by atoms with van der Waals surface area (Å²) >= 11 is 0. The number of aliphatic hydroxyl groups is 1. The molecule has 1 saturated heterocycles. The molecule has 1 N–H and O–H groups in total. The standard InChI is InChI=1S/C23H29N5O3/c1-15(2)23(4,30)21-13-19(26-31-21)17-10-9-16(3)27(14-17)22(29)18-7-5-6-8-20(18)28-24-11-12-25-28/h5-8,11-13,15-17,30H,9-10,14H2,1-4H3/t16-,17-,23?/m0/s1. The average molecular weight is 424 g/mol. The molecule has 3 aromatic rings. The van der Waals surface area contributed by atoms with Crippen molar-refractivity contribution >= 4 is 5.91 Å². The van der Waals surface area contributed by atoms with E-state index in [0.717, 1.165) is 18.5 Å². The molecule has 0 aliphatic carbocycles. The highest BCUT2D eigenvalue weighted by Gasteiger charge is 2.36. The van der Waals surface area contributed by atoms with E-state index in [1.165, 1.54) is 4.80 Å². The fourth-order valence-electron chi connectivity index (χ4n) is 3.96. The van der Waals surface area contributed by atoms with Crippen LogP contribution in [0, 0.1) is 5.92 Å². The van der Waals surface area contributed by atoms with E-state index in [4.69, 9.17) is 4.52 Å². The molecule has 8 heteroatoms. The van der Waals surface area contributed by atoms with Crippen LogP contribution >= 0.6 is 0 Å². The molecule has 3 atom stereocenters. The lowest BCUT2D eigenvalue weighted by atomic mass is 9.87. The van der Waals surface area contributed by atoms with Gasteiger partial charge in [-0.05, 0) is 44.7 Å². The molecule has 1 aliphatic rings. The molecule has 3 heterocycles. The molecule has 1 unspecified atom stereocenters. The van der Waals surface area contributed by atoms with Gasteiger partial charge in [-0.25, -0.2) is 0 Å². The molecule has 4 rings (SSSR count). The number of carbonyl (C=O) groups is 1. The minimum absolute atomic E-state index is 0.00911. The second-order valence-corrected chi connectivity index (χ2v) is 8.83. The van der Waals surface area contributed by atoms with Crippen LogP contribution in [0.15, 0.2) is 47.2 Å². The Labute approximate surface area is 181 Å². The largest absolute Gasteiger partial charge is 0.382 e. The molecule has 0 radical (unpaired) electrons. The van der Waals surface area contributed by atoms with Gasteiger partial charge < -0.3 is 14.5 Å². The maximum atomic E-state index is 13.5. The Kier molecular flexibility index (Phi) is 5.66. The monoisotopic (exact) mass is 423 g/mol. The van der Waals surface area contributed by atoms with E-state index < -0.39 is 5.60 Å². The van der Waals surface area contributed by atoms with Crippen molar-refractivity contribution in [3.63, 3.8) is 0 Å². The van der Waals surface area contributed by atoms with Crippen molar-refractivity contribution in [3.05, 3.63) is 59.7 Å². The number of hydrogen-bond donors (Lipinski definition) is 1. The predicted octanol–water partition coefficient (Wildman–Crippen LogP) is 3.53. The zero-order valence-corrected chi connectivity index (χ0v) is 18.4. The summed E-state index contributed by atoms with van der Waals surface area (Å²) in [5.74, 6) is 0.452. The van der Waals surface area contributed by atoms with Gasteiger partial charge >= 0.3 is 0 Å². The number of nitrogens with zero attached hydrogens (tertiary/aromatic N) is 5. The highest BCUT2D eigenvalue weighted by atomic mass is 16.5. The lowest BCUT2D eigenvalue weighted by Gasteiger charge is -2.37. The van der Waals surface area contributed by atoms with Gasteiger partial charge in [0, 0.05) is 24.6 Å². The second-order valence-electron chi connectivity index (χ2n) is 8.83. The lowest BCUT2D eigenvalue weighted by Crippen LogP contribution is -2.45. The molecule has 1 aromatic carbocycles. The quantitative estimate of drug-likeness (QED) is 0.674. The van der Waals surface area contributed by atoms with Gasteiger partial charge in [0.05, 0.1) is 29.3 Å². The van der Waals surface area contributed by atoms with Crippen molar-refractivity contribution in [2.75, 3.05) is 6.54 Å². The zero-order chi connectivity index (χ0) is 22.2. The van der Waals surface area contributed by atoms with Gasteiger partial charge in [-0.1, -0.05) is 31.1 Å². The van der Waals surface area contributed by atoms with Gasteiger partial charge in [0.15, 0.2) is 5.76 Å². The summed E-state index contributed by atoms with van der Waals surface area (Å²) in [6.07, 6.45) is 4.95. The molecule has 0 spiro atoms. The van der Waals surface area contributed by atoms with Gasteiger partial charge in [-0.2, -0.15) is 15.0 Å². The summed E-state index contributed by atoms with van der Waals surface area (Å²) in [4.78, 5) is 16.9. The fourth-order valence-corrected chi connectivity index (χ4v) is 3.96. The number of rotatable bonds is 5. The van der Waals surface area contributed by atoms with E-state index in [9.17, 15) is 9.90 Å². The number of likely N-dealkylation sites (tertiary alicyclic amines) is 1. The van der Waals surface area contributed by atoms with Crippen molar-refractivity contribution in [2.24, 2.45) is 5.92 Å². The Morgan fingerprint density at radius 3 is 2.65 bits per heavy atom. The van der Waals surface area contributed by atoms with E-state index >= 15 is 0 Å². The van der Waals surface area contributed by atoms with Crippen LogP contribution in [0.3, 0.4) is 0 Å². The number of amides is 1. The van der Waals surface area contributed by atoms with Gasteiger partial charge in [-0.15, -0.1) is 0 Å². The van der Waals surface area contributed by atoms with Crippen molar-refractivity contribution in [2.45, 2.75) is 58.1 Å². The summed E-state index contributed by atoms with van der Waals surface area (Å²) in [7, 11) is 0. The maximum absolute atomic E-state index is 13.5. The molecule has 0 saturated carbocycles. The Hall–Kier alpha value is -3.00. The summed E-state index contributed by atoms with van der Waals surface area (Å²) < 4.78 is 5.50. The number of para-hydroxylation sites is 1. The van der Waals surface area contributed by atoms with Gasteiger partial charge in [0.25, 0.3) is 5.91 Å². The molecule has 31 heavy (non-hydrogen) atoms. The highest BCUT2D eigenvalue weighted by molar-refractivity contribution is 5.98. The topological polar surface area (TPSA) is 97.3 Å². The Morgan fingerprint density at radius 1 is 1.23 bits per heavy atom. The van der Waals surface area contributed by atoms with E-state index in [1.54, 1.807) is 19.3 Å². The minimum atomic E-state index is -1.08. The third kappa shape index (κ3) is 3.99. The first kappa shape index (κ1) is 21.2. The van der Waals surface area contributed by atoms with Gasteiger partial charge in [0.2, 0.25) is 0 Å². The molecule has 2 aromatic heterocycles. The summed E-state index contributed by atoms with van der Waals surface area (Å²) in [5, 5.41) is 23.3. The molecular formula is C23H29N5O3. The maximum Gasteiger partial charge on any atom is 0.256 e. The highest BCUT2D eigenvalue weighted by Crippen LogP contribution is 2.35. The van der Waals surface area contributed by atoms with Crippen molar-refractivity contribution in [1.29, 1.82) is 0 Å². The lowest BCUT2D eigenvalue weighted by molar-refractivity contribution is -0.0158. The Bertz CT molecular complexity index is 1040. The van der Waals surface area contributed by atoms with Crippen LogP contribution in [0.1, 0.15) is 68.3 Å². The molecule has 1 aliphatic heterocycles. The van der Waals surface area contributed by atoms with E-state index in [0.29, 0.717) is 23.6 Å². The first-order chi connectivity index (χ1) is 14.8. The van der Waals surface area contributed by atoms with Crippen LogP contribution in [0.5, 0.6) is 0 Å². The molecule has 1 fully saturated rings. The van der Waals surface area contributed by atoms with Crippen LogP contribution in [-0.4, -0.2) is 48.7 Å². The number of benzene rings is 1. The first-order valence-corrected chi connectivity index (χ1v) is 10.7. The SMILES string of the molecule is CC(C)C(C)(O)c1cc([C@H]2CC[C@H](C)N(C(=O)c3ccccc3-n3nccn3)C2)no1. The molecule has 1 amide bonds. The van der Waals surface area contributed by atoms with Crippen LogP contribution in [0.25, 0.3) is 5.69 Å². The van der Waals surface area contributed by atoms with Crippen molar-refractivity contribution in [3.8, 4) is 5.69 Å². The van der Waals surface area contributed by atoms with Crippen LogP contribution in [-0.2, 0) is 5.60 Å². The third-order valence-electron chi connectivity index (χ3n) is 6.48. The zero-order valence-electron chi connectivity index (χ0n) is 18.4. The third-order valence-corrected chi connectivity index (χ3v) is 6.48. The van der Waals surface area contributed by atoms with Crippen molar-refractivity contribution < 1.29 is 14.4 Å². The van der Waals surface area contributed by atoms with Gasteiger partial charge in [0.1, 0.15) is 5.60 Å². The predicted molar refractivity (Wildman–Crippen MR) is 115 cm³/mol. The first-order valence-electron chi connectivity index (χ1n) is 10.7. The van der Waals surface area contributed by atoms with Crippen molar-refractivity contribution in [1.82, 2.24) is 25.1 Å². The number of aromatic nitrogens is 4. The smallest absolute Gasteiger partial charge is 0.256 e. The molecular weight excluding hydrogens is 394 g/mol. The van der Waals surface area contributed by atoms with Crippen LogP contribution < -0.4 is 0 Å². The average Bonchev–Trinajstić information content (AvgIpc) is 3.46. The Balaban J connectivity index is 1.58.